The summed E-state index contributed by atoms with van der Waals surface area (Å²) in [5.41, 5.74) is 0.890. The molecule has 21 heavy (non-hydrogen) atoms. The number of ether oxygens (including phenoxy) is 3. The minimum absolute atomic E-state index is 0.0785. The quantitative estimate of drug-likeness (QED) is 0.748. The maximum absolute atomic E-state index is 14.0. The van der Waals surface area contributed by atoms with Gasteiger partial charge in [0.2, 0.25) is 0 Å². The molecule has 4 nitrogen and oxygen atoms in total. The van der Waals surface area contributed by atoms with Gasteiger partial charge in [-0.05, 0) is 37.5 Å². The molecule has 0 bridgehead atoms. The van der Waals surface area contributed by atoms with E-state index in [0.29, 0.717) is 25.5 Å². The lowest BCUT2D eigenvalue weighted by Gasteiger charge is -2.14. The molecule has 2 unspecified atom stereocenters. The SMILES string of the molecule is COCCNCc1ccc(OCC2CCC(C)O2)c(F)c1. The highest BCUT2D eigenvalue weighted by molar-refractivity contribution is 5.29. The first-order valence-corrected chi connectivity index (χ1v) is 7.45. The molecule has 0 spiro atoms. The fraction of sp³-hybridized carbons (Fsp3) is 0.625. The van der Waals surface area contributed by atoms with Crippen LogP contribution in [0.25, 0.3) is 0 Å². The van der Waals surface area contributed by atoms with Gasteiger partial charge in [-0.15, -0.1) is 0 Å². The fourth-order valence-electron chi connectivity index (χ4n) is 2.37. The van der Waals surface area contributed by atoms with E-state index in [4.69, 9.17) is 14.2 Å². The fourth-order valence-corrected chi connectivity index (χ4v) is 2.37. The van der Waals surface area contributed by atoms with Crippen LogP contribution in [0.4, 0.5) is 4.39 Å². The standard InChI is InChI=1S/C16H24FNO3/c1-12-3-5-14(21-12)11-20-16-6-4-13(9-15(16)17)10-18-7-8-19-2/h4,6,9,12,14,18H,3,5,7-8,10-11H2,1-2H3. The Bertz CT molecular complexity index is 442. The van der Waals surface area contributed by atoms with Crippen LogP contribution in [-0.2, 0) is 16.0 Å². The Morgan fingerprint density at radius 1 is 1.38 bits per heavy atom. The summed E-state index contributed by atoms with van der Waals surface area (Å²) in [5, 5.41) is 3.18. The Labute approximate surface area is 125 Å². The molecule has 0 aliphatic carbocycles. The molecular formula is C16H24FNO3. The van der Waals surface area contributed by atoms with Gasteiger partial charge in [0.1, 0.15) is 6.61 Å². The summed E-state index contributed by atoms with van der Waals surface area (Å²) in [6.07, 6.45) is 2.38. The van der Waals surface area contributed by atoms with Gasteiger partial charge in [-0.25, -0.2) is 4.39 Å². The largest absolute Gasteiger partial charge is 0.488 e. The second-order valence-corrected chi connectivity index (χ2v) is 5.39. The van der Waals surface area contributed by atoms with Crippen molar-refractivity contribution in [3.05, 3.63) is 29.6 Å². The molecule has 1 aliphatic rings. The van der Waals surface area contributed by atoms with E-state index in [1.165, 1.54) is 6.07 Å². The highest BCUT2D eigenvalue weighted by atomic mass is 19.1. The van der Waals surface area contributed by atoms with Gasteiger partial charge in [0, 0.05) is 20.2 Å². The zero-order chi connectivity index (χ0) is 15.1. The van der Waals surface area contributed by atoms with Gasteiger partial charge in [-0.2, -0.15) is 0 Å². The van der Waals surface area contributed by atoms with Gasteiger partial charge in [0.15, 0.2) is 11.6 Å². The van der Waals surface area contributed by atoms with Crippen LogP contribution in [0.2, 0.25) is 0 Å². The molecule has 2 atom stereocenters. The Morgan fingerprint density at radius 2 is 2.24 bits per heavy atom. The van der Waals surface area contributed by atoms with Gasteiger partial charge < -0.3 is 19.5 Å². The Hall–Kier alpha value is -1.17. The van der Waals surface area contributed by atoms with Crippen LogP contribution >= 0.6 is 0 Å². The van der Waals surface area contributed by atoms with Crippen LogP contribution in [0.5, 0.6) is 5.75 Å². The summed E-state index contributed by atoms with van der Waals surface area (Å²) >= 11 is 0. The molecule has 0 radical (unpaired) electrons. The van der Waals surface area contributed by atoms with Crippen LogP contribution in [0.15, 0.2) is 18.2 Å². The van der Waals surface area contributed by atoms with E-state index < -0.39 is 0 Å². The van der Waals surface area contributed by atoms with Crippen LogP contribution < -0.4 is 10.1 Å². The molecule has 1 saturated heterocycles. The van der Waals surface area contributed by atoms with E-state index in [-0.39, 0.29) is 18.0 Å². The molecule has 5 heteroatoms. The second-order valence-electron chi connectivity index (χ2n) is 5.39. The molecule has 1 fully saturated rings. The number of nitrogens with one attached hydrogen (secondary N) is 1. The number of rotatable bonds is 8. The highest BCUT2D eigenvalue weighted by Crippen LogP contribution is 2.22. The van der Waals surface area contributed by atoms with Gasteiger partial charge in [-0.1, -0.05) is 6.07 Å². The molecule has 1 aromatic rings. The molecule has 1 heterocycles. The maximum Gasteiger partial charge on any atom is 0.165 e. The molecular weight excluding hydrogens is 273 g/mol. The van der Waals surface area contributed by atoms with E-state index in [2.05, 4.69) is 5.32 Å². The minimum atomic E-state index is -0.327. The summed E-state index contributed by atoms with van der Waals surface area (Å²) in [7, 11) is 1.66. The number of methoxy groups -OCH3 is 1. The number of benzene rings is 1. The first-order chi connectivity index (χ1) is 10.2. The van der Waals surface area contributed by atoms with Crippen molar-refractivity contribution in [1.29, 1.82) is 0 Å². The smallest absolute Gasteiger partial charge is 0.165 e. The number of halogens is 1. The van der Waals surface area contributed by atoms with Gasteiger partial charge in [0.25, 0.3) is 0 Å². The summed E-state index contributed by atoms with van der Waals surface area (Å²) in [5.74, 6) is -0.0362. The number of hydrogen-bond donors (Lipinski definition) is 1. The summed E-state index contributed by atoms with van der Waals surface area (Å²) in [6, 6.07) is 5.06. The van der Waals surface area contributed by atoms with E-state index >= 15 is 0 Å². The summed E-state index contributed by atoms with van der Waals surface area (Å²) in [6.45, 7) is 4.46. The van der Waals surface area contributed by atoms with Crippen LogP contribution in [0.3, 0.4) is 0 Å². The second kappa shape index (κ2) is 8.32. The van der Waals surface area contributed by atoms with Crippen molar-refractivity contribution in [2.75, 3.05) is 26.9 Å². The van der Waals surface area contributed by atoms with E-state index in [0.717, 1.165) is 24.9 Å². The molecule has 0 saturated carbocycles. The predicted octanol–water partition coefficient (Wildman–Crippen LogP) is 2.51. The van der Waals surface area contributed by atoms with Crippen LogP contribution in [0.1, 0.15) is 25.3 Å². The van der Waals surface area contributed by atoms with Gasteiger partial charge in [-0.3, -0.25) is 0 Å². The van der Waals surface area contributed by atoms with Crippen LogP contribution in [-0.4, -0.2) is 39.1 Å². The lowest BCUT2D eigenvalue weighted by molar-refractivity contribution is 0.0256. The predicted molar refractivity (Wildman–Crippen MR) is 79.0 cm³/mol. The molecule has 1 aromatic carbocycles. The number of hydrogen-bond acceptors (Lipinski definition) is 4. The third-order valence-corrected chi connectivity index (χ3v) is 3.55. The van der Waals surface area contributed by atoms with Crippen molar-refractivity contribution in [2.24, 2.45) is 0 Å². The Morgan fingerprint density at radius 3 is 2.90 bits per heavy atom. The average Bonchev–Trinajstić information content (AvgIpc) is 2.88. The third kappa shape index (κ3) is 5.26. The van der Waals surface area contributed by atoms with E-state index in [1.807, 2.05) is 13.0 Å². The average molecular weight is 297 g/mol. The Balaban J connectivity index is 1.78. The van der Waals surface area contributed by atoms with Crippen molar-refractivity contribution in [2.45, 2.75) is 38.5 Å². The first-order valence-electron chi connectivity index (χ1n) is 7.45. The molecule has 1 aliphatic heterocycles. The van der Waals surface area contributed by atoms with Crippen molar-refractivity contribution >= 4 is 0 Å². The van der Waals surface area contributed by atoms with Crippen molar-refractivity contribution in [1.82, 2.24) is 5.32 Å². The highest BCUT2D eigenvalue weighted by Gasteiger charge is 2.22. The van der Waals surface area contributed by atoms with Gasteiger partial charge >= 0.3 is 0 Å². The summed E-state index contributed by atoms with van der Waals surface area (Å²) in [4.78, 5) is 0. The van der Waals surface area contributed by atoms with E-state index in [1.54, 1.807) is 13.2 Å². The van der Waals surface area contributed by atoms with Crippen molar-refractivity contribution in [3.8, 4) is 5.75 Å². The minimum Gasteiger partial charge on any atom is -0.488 e. The van der Waals surface area contributed by atoms with Crippen molar-refractivity contribution in [3.63, 3.8) is 0 Å². The Kier molecular flexibility index (Phi) is 6.42. The zero-order valence-corrected chi connectivity index (χ0v) is 12.7. The molecule has 1 N–H and O–H groups in total. The maximum atomic E-state index is 14.0. The lowest BCUT2D eigenvalue weighted by Crippen LogP contribution is -2.19. The molecule has 0 aromatic heterocycles. The van der Waals surface area contributed by atoms with Gasteiger partial charge in [0.05, 0.1) is 18.8 Å². The van der Waals surface area contributed by atoms with Crippen molar-refractivity contribution < 1.29 is 18.6 Å². The molecule has 0 amide bonds. The molecule has 118 valence electrons. The molecule has 2 rings (SSSR count). The lowest BCUT2D eigenvalue weighted by atomic mass is 10.2. The monoisotopic (exact) mass is 297 g/mol. The first kappa shape index (κ1) is 16.2. The van der Waals surface area contributed by atoms with E-state index in [9.17, 15) is 4.39 Å². The normalized spacial score (nSPS) is 21.7. The topological polar surface area (TPSA) is 39.7 Å². The third-order valence-electron chi connectivity index (χ3n) is 3.55. The zero-order valence-electron chi connectivity index (χ0n) is 12.7. The van der Waals surface area contributed by atoms with Crippen LogP contribution in [0, 0.1) is 5.82 Å². The summed E-state index contributed by atoms with van der Waals surface area (Å²) < 4.78 is 30.1.